The van der Waals surface area contributed by atoms with Crippen LogP contribution in [0.3, 0.4) is 0 Å². The molecule has 0 saturated carbocycles. The minimum Gasteiger partial charge on any atom is -0.381 e. The van der Waals surface area contributed by atoms with Gasteiger partial charge in [-0.05, 0) is 62.1 Å². The number of aromatic nitrogens is 3. The van der Waals surface area contributed by atoms with Gasteiger partial charge in [0.1, 0.15) is 28.6 Å². The second kappa shape index (κ2) is 11.7. The molecular weight excluding hydrogens is 500 g/mol. The molecule has 1 unspecified atom stereocenters. The van der Waals surface area contributed by atoms with Crippen LogP contribution in [0.25, 0.3) is 11.2 Å². The third kappa shape index (κ3) is 5.89. The minimum atomic E-state index is -0.288. The third-order valence-corrected chi connectivity index (χ3v) is 7.60. The molecule has 9 heteroatoms. The molecule has 1 atom stereocenters. The number of nitrogens with zero attached hydrogens (tertiary/aromatic N) is 4. The van der Waals surface area contributed by atoms with Gasteiger partial charge in [-0.25, -0.2) is 13.8 Å². The Kier molecular flexibility index (Phi) is 8.09. The number of aromatic amines is 1. The van der Waals surface area contributed by atoms with Crippen molar-refractivity contribution in [2.45, 2.75) is 38.8 Å². The number of piperazine rings is 1. The first-order valence-electron chi connectivity index (χ1n) is 13.5. The lowest BCUT2D eigenvalue weighted by atomic mass is 9.95. The molecule has 6 rings (SSSR count). The van der Waals surface area contributed by atoms with Crippen molar-refractivity contribution in [2.24, 2.45) is 7.05 Å². The van der Waals surface area contributed by atoms with E-state index in [1.54, 1.807) is 30.3 Å². The van der Waals surface area contributed by atoms with E-state index in [-0.39, 0.29) is 29.3 Å². The Hall–Kier alpha value is -3.56. The van der Waals surface area contributed by atoms with Crippen LogP contribution in [0, 0.1) is 18.6 Å². The largest absolute Gasteiger partial charge is 0.381 e. The fourth-order valence-corrected chi connectivity index (χ4v) is 5.49. The molecule has 0 spiro atoms. The maximum atomic E-state index is 13.6. The Morgan fingerprint density at radius 2 is 1.56 bits per heavy atom. The normalized spacial score (nSPS) is 18.0. The number of imidazole rings is 1. The summed E-state index contributed by atoms with van der Waals surface area (Å²) in [5.74, 6) is 0.254. The number of aryl methyl sites for hydroxylation is 2. The van der Waals surface area contributed by atoms with E-state index in [9.17, 15) is 13.6 Å². The molecule has 0 aliphatic carbocycles. The predicted octanol–water partition coefficient (Wildman–Crippen LogP) is 4.95. The number of anilines is 1. The number of hydrogen-bond acceptors (Lipinski definition) is 5. The molecule has 2 aromatic carbocycles. The van der Waals surface area contributed by atoms with E-state index >= 15 is 0 Å². The summed E-state index contributed by atoms with van der Waals surface area (Å²) in [5, 5.41) is 0. The first-order chi connectivity index (χ1) is 18.8. The van der Waals surface area contributed by atoms with Crippen LogP contribution in [0.2, 0.25) is 0 Å². The van der Waals surface area contributed by atoms with Crippen LogP contribution >= 0.6 is 0 Å². The summed E-state index contributed by atoms with van der Waals surface area (Å²) in [7, 11) is 1.89. The molecule has 7 nitrogen and oxygen atoms in total. The number of ether oxygens (including phenoxy) is 1. The number of hydrogen-bond donors (Lipinski definition) is 1. The van der Waals surface area contributed by atoms with Crippen LogP contribution in [0.5, 0.6) is 0 Å². The quantitative estimate of drug-likeness (QED) is 0.401. The summed E-state index contributed by atoms with van der Waals surface area (Å²) in [5.41, 5.74) is 4.07. The molecule has 206 valence electrons. The molecule has 0 amide bonds. The summed E-state index contributed by atoms with van der Waals surface area (Å²) in [4.78, 5) is 24.6. The van der Waals surface area contributed by atoms with E-state index in [2.05, 4.69) is 21.7 Å². The van der Waals surface area contributed by atoms with Gasteiger partial charge in [-0.15, -0.1) is 0 Å². The predicted molar refractivity (Wildman–Crippen MR) is 149 cm³/mol. The maximum Gasteiger partial charge on any atom is 0.251 e. The van der Waals surface area contributed by atoms with E-state index < -0.39 is 0 Å². The lowest BCUT2D eigenvalue weighted by Crippen LogP contribution is -2.53. The second-order valence-electron chi connectivity index (χ2n) is 10.3. The van der Waals surface area contributed by atoms with Crippen LogP contribution in [0.4, 0.5) is 14.5 Å². The van der Waals surface area contributed by atoms with Crippen molar-refractivity contribution < 1.29 is 13.5 Å². The Balaban J connectivity index is 0.000000555. The minimum absolute atomic E-state index is 0.0875. The molecule has 2 saturated heterocycles. The molecule has 2 aromatic heterocycles. The van der Waals surface area contributed by atoms with Crippen LogP contribution in [0.1, 0.15) is 42.8 Å². The van der Waals surface area contributed by atoms with Gasteiger partial charge in [-0.1, -0.05) is 24.3 Å². The van der Waals surface area contributed by atoms with E-state index in [1.165, 1.54) is 37.1 Å². The summed E-state index contributed by atoms with van der Waals surface area (Å²) in [6.07, 6.45) is 2.56. The van der Waals surface area contributed by atoms with Gasteiger partial charge in [0.05, 0.1) is 11.7 Å². The van der Waals surface area contributed by atoms with Crippen molar-refractivity contribution in [2.75, 3.05) is 37.7 Å². The van der Waals surface area contributed by atoms with Crippen LogP contribution in [-0.4, -0.2) is 58.3 Å². The zero-order chi connectivity index (χ0) is 27.5. The van der Waals surface area contributed by atoms with Gasteiger partial charge in [0, 0.05) is 52.0 Å². The molecule has 4 heterocycles. The third-order valence-electron chi connectivity index (χ3n) is 7.60. The van der Waals surface area contributed by atoms with E-state index in [1.807, 2.05) is 18.5 Å². The van der Waals surface area contributed by atoms with E-state index in [0.29, 0.717) is 25.3 Å². The summed E-state index contributed by atoms with van der Waals surface area (Å²) >= 11 is 0. The fourth-order valence-electron chi connectivity index (χ4n) is 5.49. The number of fused-ring (bicyclic) bond motifs is 1. The molecule has 2 fully saturated rings. The standard InChI is InChI=1S/C26H27F2N5O.C4H8O/c1-16-15-32(25(18-4-8-20(27)9-5-18)19-6-10-21(28)11-7-19)12-13-33(16)22-14-23(34)30-26-24(22)29-17(2)31(26)3;1-2-4-5-3-1/h4-11,14,16,25H,12-13,15H2,1-3H3,(H,30,34);1-4H2. The molecular formula is C30H35F2N5O2. The lowest BCUT2D eigenvalue weighted by Gasteiger charge is -2.44. The highest BCUT2D eigenvalue weighted by Gasteiger charge is 2.32. The molecule has 1 N–H and O–H groups in total. The first kappa shape index (κ1) is 27.0. The first-order valence-corrected chi connectivity index (χ1v) is 13.5. The Labute approximate surface area is 227 Å². The van der Waals surface area contributed by atoms with Crippen molar-refractivity contribution in [3.8, 4) is 0 Å². The van der Waals surface area contributed by atoms with E-state index in [0.717, 1.165) is 41.4 Å². The molecule has 2 aliphatic heterocycles. The smallest absolute Gasteiger partial charge is 0.251 e. The highest BCUT2D eigenvalue weighted by Crippen LogP contribution is 2.33. The zero-order valence-corrected chi connectivity index (χ0v) is 22.7. The van der Waals surface area contributed by atoms with Crippen LogP contribution in [0.15, 0.2) is 59.4 Å². The van der Waals surface area contributed by atoms with Gasteiger partial charge < -0.3 is 19.2 Å². The Bertz CT molecular complexity index is 1410. The number of halogens is 2. The van der Waals surface area contributed by atoms with Gasteiger partial charge in [-0.3, -0.25) is 9.69 Å². The monoisotopic (exact) mass is 535 g/mol. The number of H-pyrrole nitrogens is 1. The Morgan fingerprint density at radius 1 is 0.974 bits per heavy atom. The highest BCUT2D eigenvalue weighted by molar-refractivity contribution is 5.86. The van der Waals surface area contributed by atoms with Gasteiger partial charge in [0.15, 0.2) is 0 Å². The van der Waals surface area contributed by atoms with Gasteiger partial charge in [-0.2, -0.15) is 0 Å². The number of rotatable bonds is 4. The molecule has 0 bridgehead atoms. The fraction of sp³-hybridized carbons (Fsp3) is 0.400. The summed E-state index contributed by atoms with van der Waals surface area (Å²) in [6.45, 7) is 8.15. The number of benzene rings is 2. The van der Waals surface area contributed by atoms with Crippen molar-refractivity contribution in [3.05, 3.63) is 93.5 Å². The molecule has 4 aromatic rings. The average molecular weight is 536 g/mol. The number of nitrogens with one attached hydrogen (secondary N) is 1. The van der Waals surface area contributed by atoms with E-state index in [4.69, 9.17) is 9.72 Å². The molecule has 39 heavy (non-hydrogen) atoms. The molecule has 0 radical (unpaired) electrons. The summed E-state index contributed by atoms with van der Waals surface area (Å²) < 4.78 is 34.1. The maximum absolute atomic E-state index is 13.6. The topological polar surface area (TPSA) is 66.4 Å². The van der Waals surface area contributed by atoms with Crippen molar-refractivity contribution in [3.63, 3.8) is 0 Å². The van der Waals surface area contributed by atoms with Crippen molar-refractivity contribution in [1.29, 1.82) is 0 Å². The van der Waals surface area contributed by atoms with Crippen molar-refractivity contribution in [1.82, 2.24) is 19.4 Å². The molecule has 2 aliphatic rings. The van der Waals surface area contributed by atoms with Gasteiger partial charge >= 0.3 is 0 Å². The lowest BCUT2D eigenvalue weighted by molar-refractivity contribution is 0.188. The van der Waals surface area contributed by atoms with Crippen molar-refractivity contribution >= 4 is 16.9 Å². The summed E-state index contributed by atoms with van der Waals surface area (Å²) in [6, 6.07) is 14.6. The van der Waals surface area contributed by atoms with Crippen LogP contribution < -0.4 is 10.5 Å². The second-order valence-corrected chi connectivity index (χ2v) is 10.3. The van der Waals surface area contributed by atoms with Crippen LogP contribution in [-0.2, 0) is 11.8 Å². The van der Waals surface area contributed by atoms with Gasteiger partial charge in [0.2, 0.25) is 0 Å². The number of pyridine rings is 1. The average Bonchev–Trinajstić information content (AvgIpc) is 3.60. The van der Waals surface area contributed by atoms with Gasteiger partial charge in [0.25, 0.3) is 5.56 Å². The Morgan fingerprint density at radius 3 is 2.08 bits per heavy atom. The zero-order valence-electron chi connectivity index (χ0n) is 22.7. The SMILES string of the molecule is C1CCOC1.Cc1nc2c(N3CCN(C(c4ccc(F)cc4)c4ccc(F)cc4)CC3C)cc(=O)[nH]c2n1C. The highest BCUT2D eigenvalue weighted by atomic mass is 19.1.